The van der Waals surface area contributed by atoms with Gasteiger partial charge in [0.15, 0.2) is 0 Å². The summed E-state index contributed by atoms with van der Waals surface area (Å²) < 4.78 is 10.5. The first kappa shape index (κ1) is 37.8. The summed E-state index contributed by atoms with van der Waals surface area (Å²) in [6, 6.07) is 5.61. The van der Waals surface area contributed by atoms with Crippen LogP contribution in [0.3, 0.4) is 0 Å². The van der Waals surface area contributed by atoms with Gasteiger partial charge in [-0.2, -0.15) is 0 Å². The third-order valence-corrected chi connectivity index (χ3v) is 15.8. The topological polar surface area (TPSA) is 163 Å². The lowest BCUT2D eigenvalue weighted by Crippen LogP contribution is -2.68. The molecule has 282 valence electrons. The van der Waals surface area contributed by atoms with Crippen LogP contribution < -0.4 is 5.32 Å². The Morgan fingerprint density at radius 2 is 1.57 bits per heavy atom. The molecule has 51 heavy (non-hydrogen) atoms. The number of methoxy groups -OCH3 is 2. The summed E-state index contributed by atoms with van der Waals surface area (Å²) in [6.07, 6.45) is 6.20. The number of amides is 1. The normalized spacial score (nSPS) is 43.6. The first-order valence-corrected chi connectivity index (χ1v) is 18.8. The van der Waals surface area contributed by atoms with Crippen LogP contribution in [0.1, 0.15) is 98.0 Å². The highest BCUT2D eigenvalue weighted by Gasteiger charge is 2.71. The minimum atomic E-state index is -0.995. The van der Waals surface area contributed by atoms with E-state index >= 15 is 0 Å². The lowest BCUT2D eigenvalue weighted by molar-refractivity contribution is -0.243. The minimum absolute atomic E-state index is 0.0274. The van der Waals surface area contributed by atoms with Crippen molar-refractivity contribution >= 4 is 17.8 Å². The molecule has 4 fully saturated rings. The van der Waals surface area contributed by atoms with E-state index in [1.807, 2.05) is 13.8 Å². The second-order valence-corrected chi connectivity index (χ2v) is 18.1. The van der Waals surface area contributed by atoms with Crippen molar-refractivity contribution in [3.05, 3.63) is 41.5 Å². The number of phenolic OH excluding ortho intramolecular Hbond substituents is 1. The lowest BCUT2D eigenvalue weighted by Gasteiger charge is -2.71. The molecule has 4 saturated carbocycles. The number of carbonyl (C=O) groups excluding carboxylic acids is 3. The maximum absolute atomic E-state index is 14.9. The molecule has 0 bridgehead atoms. The molecule has 0 saturated heterocycles. The number of rotatable bonds is 7. The Kier molecular flexibility index (Phi) is 9.54. The lowest BCUT2D eigenvalue weighted by atomic mass is 9.33. The second kappa shape index (κ2) is 12.9. The Balaban J connectivity index is 1.40. The smallest absolute Gasteiger partial charge is 0.328 e. The van der Waals surface area contributed by atoms with Crippen LogP contribution in [0.15, 0.2) is 35.9 Å². The van der Waals surface area contributed by atoms with Crippen molar-refractivity contribution in [3.63, 3.8) is 0 Å². The first-order valence-electron chi connectivity index (χ1n) is 18.8. The van der Waals surface area contributed by atoms with Crippen LogP contribution in [-0.2, 0) is 30.3 Å². The number of nitrogens with one attached hydrogen (secondary N) is 1. The highest BCUT2D eigenvalue weighted by molar-refractivity contribution is 5.89. The molecule has 5 aliphatic rings. The van der Waals surface area contributed by atoms with Crippen LogP contribution in [-0.4, -0.2) is 77.3 Å². The highest BCUT2D eigenvalue weighted by Crippen LogP contribution is 2.75. The van der Waals surface area contributed by atoms with Crippen LogP contribution in [0.4, 0.5) is 0 Å². The third-order valence-electron chi connectivity index (χ3n) is 15.8. The summed E-state index contributed by atoms with van der Waals surface area (Å²) >= 11 is 0. The standard InChI is InChI=1S/C41H59NO9/c1-36(35(49)51-7)16-18-41(34(48)42-28(33(47)50-6)20-24-8-10-25(44)11-9-24)19-17-39(4)26(27(41)21-36)12-13-31-37(2)22-29(45)32(46)38(3,23-43)30(37)14-15-40(31,39)5/h8-12,27-32,43-46H,13-23H2,1-7H3,(H,42,48)/t27?,28-,29+,30?,31?,32+,36+,37+,38+,39-,40-,41+/m1/s1. The van der Waals surface area contributed by atoms with Gasteiger partial charge in [0.1, 0.15) is 11.8 Å². The minimum Gasteiger partial charge on any atom is -0.508 e. The molecule has 12 atom stereocenters. The van der Waals surface area contributed by atoms with Gasteiger partial charge >= 0.3 is 11.9 Å². The number of esters is 2. The summed E-state index contributed by atoms with van der Waals surface area (Å²) in [4.78, 5) is 41.3. The SMILES string of the molecule is COC(=O)[C@@H](Cc1ccc(O)cc1)NC(=O)[C@]12CC[C@](C)(C(=O)OC)CC1C1=CCC3[C@@]4(C)C[C@H](O)[C@H](O)[C@@](C)(CO)C4CC[C@@]3(C)[C@]1(C)CC2. The van der Waals surface area contributed by atoms with E-state index in [0.29, 0.717) is 32.1 Å². The highest BCUT2D eigenvalue weighted by atomic mass is 16.5. The number of phenols is 1. The van der Waals surface area contributed by atoms with E-state index in [1.54, 1.807) is 24.3 Å². The van der Waals surface area contributed by atoms with E-state index in [1.165, 1.54) is 19.8 Å². The predicted octanol–water partition coefficient (Wildman–Crippen LogP) is 4.85. The summed E-state index contributed by atoms with van der Waals surface area (Å²) in [5.41, 5.74) is -1.36. The van der Waals surface area contributed by atoms with Crippen molar-refractivity contribution in [1.82, 2.24) is 5.32 Å². The fraction of sp³-hybridized carbons (Fsp3) is 0.732. The maximum atomic E-state index is 14.9. The van der Waals surface area contributed by atoms with Crippen molar-refractivity contribution in [2.24, 2.45) is 50.2 Å². The fourth-order valence-corrected chi connectivity index (χ4v) is 12.6. The van der Waals surface area contributed by atoms with Crippen molar-refractivity contribution in [2.45, 2.75) is 117 Å². The van der Waals surface area contributed by atoms with Gasteiger partial charge in [0, 0.05) is 11.8 Å². The molecule has 0 spiro atoms. The monoisotopic (exact) mass is 709 g/mol. The zero-order valence-electron chi connectivity index (χ0n) is 31.5. The second-order valence-electron chi connectivity index (χ2n) is 18.1. The summed E-state index contributed by atoms with van der Waals surface area (Å²) in [7, 11) is 2.72. The zero-order valence-corrected chi connectivity index (χ0v) is 31.5. The molecule has 1 aromatic carbocycles. The van der Waals surface area contributed by atoms with E-state index in [-0.39, 0.29) is 64.7 Å². The van der Waals surface area contributed by atoms with Crippen molar-refractivity contribution < 1.29 is 44.3 Å². The zero-order chi connectivity index (χ0) is 37.4. The molecule has 6 rings (SSSR count). The van der Waals surface area contributed by atoms with Gasteiger partial charge in [-0.3, -0.25) is 9.59 Å². The van der Waals surface area contributed by atoms with Gasteiger partial charge in [-0.05, 0) is 116 Å². The van der Waals surface area contributed by atoms with Gasteiger partial charge in [-0.1, -0.05) is 51.5 Å². The molecule has 3 unspecified atom stereocenters. The Labute approximate surface area is 302 Å². The van der Waals surface area contributed by atoms with Crippen molar-refractivity contribution in [2.75, 3.05) is 20.8 Å². The molecule has 0 heterocycles. The molecule has 1 amide bonds. The van der Waals surface area contributed by atoms with Crippen LogP contribution in [0.5, 0.6) is 5.75 Å². The van der Waals surface area contributed by atoms with Gasteiger partial charge in [-0.15, -0.1) is 0 Å². The quantitative estimate of drug-likeness (QED) is 0.197. The average Bonchev–Trinajstić information content (AvgIpc) is 3.10. The molecular weight excluding hydrogens is 650 g/mol. The molecular formula is C41H59NO9. The van der Waals surface area contributed by atoms with E-state index in [4.69, 9.17) is 9.47 Å². The van der Waals surface area contributed by atoms with Crippen LogP contribution in [0.2, 0.25) is 0 Å². The van der Waals surface area contributed by atoms with E-state index in [2.05, 4.69) is 32.2 Å². The average molecular weight is 710 g/mol. The van der Waals surface area contributed by atoms with Gasteiger partial charge in [0.2, 0.25) is 5.91 Å². The van der Waals surface area contributed by atoms with Crippen molar-refractivity contribution in [3.8, 4) is 5.75 Å². The number of aromatic hydroxyl groups is 1. The van der Waals surface area contributed by atoms with Crippen LogP contribution >= 0.6 is 0 Å². The molecule has 10 heteroatoms. The fourth-order valence-electron chi connectivity index (χ4n) is 12.6. The number of hydrogen-bond donors (Lipinski definition) is 5. The molecule has 1 aromatic rings. The molecule has 0 aromatic heterocycles. The van der Waals surface area contributed by atoms with Gasteiger partial charge in [0.25, 0.3) is 0 Å². The molecule has 0 aliphatic heterocycles. The number of hydrogen-bond acceptors (Lipinski definition) is 9. The number of aliphatic hydroxyl groups excluding tert-OH is 3. The summed E-state index contributed by atoms with van der Waals surface area (Å²) in [5.74, 6) is -1.01. The molecule has 10 nitrogen and oxygen atoms in total. The van der Waals surface area contributed by atoms with E-state index < -0.39 is 40.5 Å². The summed E-state index contributed by atoms with van der Waals surface area (Å²) in [5, 5.41) is 45.9. The van der Waals surface area contributed by atoms with Crippen molar-refractivity contribution in [1.29, 1.82) is 0 Å². The number of allylic oxidation sites excluding steroid dienone is 2. The first-order chi connectivity index (χ1) is 23.9. The molecule has 5 N–H and O–H groups in total. The molecule has 0 radical (unpaired) electrons. The predicted molar refractivity (Wildman–Crippen MR) is 190 cm³/mol. The van der Waals surface area contributed by atoms with Gasteiger partial charge in [-0.25, -0.2) is 4.79 Å². The summed E-state index contributed by atoms with van der Waals surface area (Å²) in [6.45, 7) is 10.6. The Hall–Kier alpha value is -2.95. The number of carbonyl (C=O) groups is 3. The molecule has 5 aliphatic carbocycles. The van der Waals surface area contributed by atoms with E-state index in [0.717, 1.165) is 31.2 Å². The van der Waals surface area contributed by atoms with E-state index in [9.17, 15) is 34.8 Å². The Morgan fingerprint density at radius 3 is 2.20 bits per heavy atom. The number of aliphatic hydroxyl groups is 3. The maximum Gasteiger partial charge on any atom is 0.328 e. The number of ether oxygens (including phenoxy) is 2. The third kappa shape index (κ3) is 5.48. The number of benzene rings is 1. The van der Waals surface area contributed by atoms with Crippen LogP contribution in [0, 0.1) is 50.2 Å². The Bertz CT molecular complexity index is 1580. The van der Waals surface area contributed by atoms with Crippen LogP contribution in [0.25, 0.3) is 0 Å². The number of fused-ring (bicyclic) bond motifs is 7. The van der Waals surface area contributed by atoms with Gasteiger partial charge < -0.3 is 35.2 Å². The largest absolute Gasteiger partial charge is 0.508 e. The van der Waals surface area contributed by atoms with Gasteiger partial charge in [0.05, 0.1) is 43.9 Å². The Morgan fingerprint density at radius 1 is 0.902 bits per heavy atom.